The summed E-state index contributed by atoms with van der Waals surface area (Å²) < 4.78 is 39.4. The third kappa shape index (κ3) is 3.39. The Hall–Kier alpha value is -1.11. The lowest BCUT2D eigenvalue weighted by Crippen LogP contribution is -2.57. The molecule has 0 saturated heterocycles. The van der Waals surface area contributed by atoms with E-state index in [-0.39, 0.29) is 5.71 Å². The molecule has 1 aliphatic carbocycles. The lowest BCUT2D eigenvalue weighted by atomic mass is 10.0. The summed E-state index contributed by atoms with van der Waals surface area (Å²) >= 11 is 0. The fraction of sp³-hybridized carbons (Fsp3) is 0.857. The van der Waals surface area contributed by atoms with E-state index < -0.39 is 30.1 Å². The van der Waals surface area contributed by atoms with Gasteiger partial charge in [0.15, 0.2) is 0 Å². The quantitative estimate of drug-likeness (QED) is 0.766. The molecule has 0 bridgehead atoms. The summed E-state index contributed by atoms with van der Waals surface area (Å²) in [6, 6.07) is 0. The number of hydrazone groups is 1. The van der Waals surface area contributed by atoms with Gasteiger partial charge in [-0.15, -0.1) is 0 Å². The van der Waals surface area contributed by atoms with Crippen LogP contribution in [0.2, 0.25) is 0 Å². The molecular formula is C14H21F3N2O2. The van der Waals surface area contributed by atoms with Crippen LogP contribution >= 0.6 is 0 Å². The van der Waals surface area contributed by atoms with E-state index in [1.807, 2.05) is 6.92 Å². The monoisotopic (exact) mass is 306 g/mol. The maximum absolute atomic E-state index is 13.1. The molecule has 0 aromatic rings. The Morgan fingerprint density at radius 3 is 2.57 bits per heavy atom. The number of hydrogen-bond acceptors (Lipinski definition) is 3. The number of halogens is 3. The van der Waals surface area contributed by atoms with Gasteiger partial charge in [0.1, 0.15) is 0 Å². The zero-order valence-corrected chi connectivity index (χ0v) is 12.1. The first-order valence-electron chi connectivity index (χ1n) is 7.49. The maximum atomic E-state index is 13.1. The van der Waals surface area contributed by atoms with Crippen LogP contribution in [-0.4, -0.2) is 33.6 Å². The van der Waals surface area contributed by atoms with E-state index in [0.29, 0.717) is 24.3 Å². The summed E-state index contributed by atoms with van der Waals surface area (Å²) in [4.78, 5) is 12.0. The van der Waals surface area contributed by atoms with Crippen LogP contribution in [0.1, 0.15) is 58.3 Å². The van der Waals surface area contributed by atoms with E-state index in [9.17, 15) is 23.1 Å². The van der Waals surface area contributed by atoms with Crippen LogP contribution in [0, 0.1) is 5.92 Å². The number of hydrogen-bond donors (Lipinski definition) is 1. The molecule has 2 rings (SSSR count). The van der Waals surface area contributed by atoms with E-state index in [2.05, 4.69) is 5.10 Å². The molecular weight excluding hydrogens is 285 g/mol. The Labute approximate surface area is 122 Å². The van der Waals surface area contributed by atoms with E-state index >= 15 is 0 Å². The van der Waals surface area contributed by atoms with E-state index in [0.717, 1.165) is 25.7 Å². The number of nitrogens with zero attached hydrogens (tertiary/aromatic N) is 2. The molecule has 0 aromatic carbocycles. The number of amides is 1. The summed E-state index contributed by atoms with van der Waals surface area (Å²) in [6.07, 6.45) is -0.287. The van der Waals surface area contributed by atoms with Crippen molar-refractivity contribution in [3.8, 4) is 0 Å². The molecule has 1 atom stereocenters. The molecule has 0 aromatic heterocycles. The zero-order chi connectivity index (χ0) is 15.7. The fourth-order valence-electron chi connectivity index (χ4n) is 2.47. The summed E-state index contributed by atoms with van der Waals surface area (Å²) in [7, 11) is 0. The van der Waals surface area contributed by atoms with Crippen LogP contribution in [0.5, 0.6) is 0 Å². The van der Waals surface area contributed by atoms with Crippen molar-refractivity contribution in [3.05, 3.63) is 0 Å². The second-order valence-corrected chi connectivity index (χ2v) is 5.89. The Balaban J connectivity index is 2.07. The number of carbonyl (C=O) groups excluding carboxylic acids is 1. The van der Waals surface area contributed by atoms with E-state index in [4.69, 9.17) is 0 Å². The van der Waals surface area contributed by atoms with Gasteiger partial charge in [-0.1, -0.05) is 26.2 Å². The van der Waals surface area contributed by atoms with Gasteiger partial charge in [-0.3, -0.25) is 4.79 Å². The largest absolute Gasteiger partial charge is 0.438 e. The van der Waals surface area contributed by atoms with Gasteiger partial charge in [-0.05, 0) is 25.7 Å². The highest BCUT2D eigenvalue weighted by Gasteiger charge is 2.63. The van der Waals surface area contributed by atoms with Gasteiger partial charge < -0.3 is 5.11 Å². The van der Waals surface area contributed by atoms with Crippen LogP contribution in [0.15, 0.2) is 5.10 Å². The molecule has 1 unspecified atom stereocenters. The van der Waals surface area contributed by atoms with Crippen molar-refractivity contribution in [2.45, 2.75) is 70.2 Å². The van der Waals surface area contributed by atoms with Crippen LogP contribution in [0.25, 0.3) is 0 Å². The minimum Gasteiger partial charge on any atom is -0.362 e. The Morgan fingerprint density at radius 2 is 2.05 bits per heavy atom. The van der Waals surface area contributed by atoms with Crippen molar-refractivity contribution in [2.75, 3.05) is 0 Å². The highest BCUT2D eigenvalue weighted by atomic mass is 19.4. The zero-order valence-electron chi connectivity index (χ0n) is 12.1. The first-order chi connectivity index (χ1) is 9.79. The van der Waals surface area contributed by atoms with Gasteiger partial charge in [-0.25, -0.2) is 0 Å². The third-order valence-corrected chi connectivity index (χ3v) is 3.95. The molecule has 2 aliphatic rings. The molecule has 0 radical (unpaired) electrons. The first-order valence-corrected chi connectivity index (χ1v) is 7.49. The van der Waals surface area contributed by atoms with Gasteiger partial charge in [0.25, 0.3) is 5.72 Å². The number of alkyl halides is 3. The number of carbonyl (C=O) groups is 1. The summed E-state index contributed by atoms with van der Waals surface area (Å²) in [5.41, 5.74) is -2.90. The number of unbranched alkanes of at least 4 members (excludes halogenated alkanes) is 3. The van der Waals surface area contributed by atoms with Crippen molar-refractivity contribution >= 4 is 11.6 Å². The predicted molar refractivity (Wildman–Crippen MR) is 71.4 cm³/mol. The highest BCUT2D eigenvalue weighted by molar-refractivity contribution is 5.91. The lowest BCUT2D eigenvalue weighted by Gasteiger charge is -2.32. The summed E-state index contributed by atoms with van der Waals surface area (Å²) in [5.74, 6) is -1.12. The van der Waals surface area contributed by atoms with Crippen molar-refractivity contribution in [2.24, 2.45) is 11.0 Å². The Bertz CT molecular complexity index is 432. The first kappa shape index (κ1) is 16.3. The second kappa shape index (κ2) is 5.94. The lowest BCUT2D eigenvalue weighted by molar-refractivity contribution is -0.302. The fourth-order valence-corrected chi connectivity index (χ4v) is 2.47. The third-order valence-electron chi connectivity index (χ3n) is 3.95. The smallest absolute Gasteiger partial charge is 0.362 e. The standard InChI is InChI=1S/C14H21F3N2O2/c1-2-3-4-5-6-11-9-13(21,14(15,16)17)19(18-11)12(20)10-7-8-10/h10,21H,2-9H2,1H3. The van der Waals surface area contributed by atoms with Gasteiger partial charge in [-0.2, -0.15) is 23.3 Å². The van der Waals surface area contributed by atoms with Crippen molar-refractivity contribution in [1.29, 1.82) is 0 Å². The molecule has 7 heteroatoms. The van der Waals surface area contributed by atoms with Crippen LogP contribution in [-0.2, 0) is 4.79 Å². The van der Waals surface area contributed by atoms with E-state index in [1.165, 1.54) is 0 Å². The molecule has 4 nitrogen and oxygen atoms in total. The second-order valence-electron chi connectivity index (χ2n) is 5.89. The molecule has 1 N–H and O–H groups in total. The van der Waals surface area contributed by atoms with Crippen molar-refractivity contribution < 1.29 is 23.1 Å². The SMILES string of the molecule is CCCCCCC1=NN(C(=O)C2CC2)C(O)(C(F)(F)F)C1. The Kier molecular flexibility index (Phi) is 4.60. The molecule has 120 valence electrons. The molecule has 0 spiro atoms. The van der Waals surface area contributed by atoms with Gasteiger partial charge in [0, 0.05) is 18.1 Å². The summed E-state index contributed by atoms with van der Waals surface area (Å²) in [6.45, 7) is 2.05. The van der Waals surface area contributed by atoms with Crippen molar-refractivity contribution in [3.63, 3.8) is 0 Å². The number of aliphatic hydroxyl groups is 1. The molecule has 1 aliphatic heterocycles. The van der Waals surface area contributed by atoms with Crippen LogP contribution in [0.3, 0.4) is 0 Å². The van der Waals surface area contributed by atoms with Crippen LogP contribution < -0.4 is 0 Å². The average Bonchev–Trinajstić information content (AvgIpc) is 3.17. The van der Waals surface area contributed by atoms with E-state index in [1.54, 1.807) is 0 Å². The average molecular weight is 306 g/mol. The van der Waals surface area contributed by atoms with Crippen molar-refractivity contribution in [1.82, 2.24) is 5.01 Å². The highest BCUT2D eigenvalue weighted by Crippen LogP contribution is 2.44. The van der Waals surface area contributed by atoms with Gasteiger partial charge in [0.2, 0.25) is 5.91 Å². The topological polar surface area (TPSA) is 52.9 Å². The molecule has 1 amide bonds. The van der Waals surface area contributed by atoms with Gasteiger partial charge >= 0.3 is 6.18 Å². The molecule has 1 heterocycles. The molecule has 1 saturated carbocycles. The molecule has 1 fully saturated rings. The Morgan fingerprint density at radius 1 is 1.38 bits per heavy atom. The normalized spacial score (nSPS) is 26.1. The maximum Gasteiger partial charge on any atom is 0.438 e. The minimum atomic E-state index is -4.90. The number of rotatable bonds is 6. The van der Waals surface area contributed by atoms with Gasteiger partial charge in [0.05, 0.1) is 0 Å². The summed E-state index contributed by atoms with van der Waals surface area (Å²) in [5, 5.41) is 14.1. The predicted octanol–water partition coefficient (Wildman–Crippen LogP) is 3.21. The molecule has 21 heavy (non-hydrogen) atoms. The minimum absolute atomic E-state index is 0.264. The van der Waals surface area contributed by atoms with Crippen LogP contribution in [0.4, 0.5) is 13.2 Å².